The number of benzene rings is 6. The van der Waals surface area contributed by atoms with Gasteiger partial charge in [-0.1, -0.05) is 127 Å². The maximum Gasteiger partial charge on any atom is 0.238 e. The van der Waals surface area contributed by atoms with Gasteiger partial charge in [-0.15, -0.1) is 11.3 Å². The lowest BCUT2D eigenvalue weighted by molar-refractivity contribution is 0.955. The fourth-order valence-electron chi connectivity index (χ4n) is 6.20. The molecule has 0 radical (unpaired) electrons. The summed E-state index contributed by atoms with van der Waals surface area (Å²) in [5.74, 6) is 1.90. The van der Waals surface area contributed by atoms with E-state index in [2.05, 4.69) is 114 Å². The minimum absolute atomic E-state index is 0.607. The lowest BCUT2D eigenvalue weighted by Gasteiger charge is -2.11. The zero-order chi connectivity index (χ0) is 29.0. The number of rotatable bonds is 4. The molecule has 0 aliphatic rings. The van der Waals surface area contributed by atoms with Gasteiger partial charge in [0.05, 0.1) is 15.7 Å². The first-order valence-corrected chi connectivity index (χ1v) is 15.4. The molecule has 0 spiro atoms. The van der Waals surface area contributed by atoms with Crippen LogP contribution in [0.4, 0.5) is 0 Å². The van der Waals surface area contributed by atoms with Gasteiger partial charge in [0, 0.05) is 37.4 Å². The summed E-state index contributed by atoms with van der Waals surface area (Å²) in [5.41, 5.74) is 6.46. The van der Waals surface area contributed by atoms with Gasteiger partial charge in [-0.25, -0.2) is 4.98 Å². The van der Waals surface area contributed by atoms with Crippen LogP contribution in [0.5, 0.6) is 0 Å². The van der Waals surface area contributed by atoms with Crippen molar-refractivity contribution < 1.29 is 0 Å². The third kappa shape index (κ3) is 3.94. The van der Waals surface area contributed by atoms with Crippen molar-refractivity contribution in [2.24, 2.45) is 0 Å². The minimum atomic E-state index is 0.607. The van der Waals surface area contributed by atoms with Crippen molar-refractivity contribution in [3.8, 4) is 39.9 Å². The van der Waals surface area contributed by atoms with Crippen molar-refractivity contribution in [2.75, 3.05) is 0 Å². The molecule has 0 amide bonds. The van der Waals surface area contributed by atoms with Gasteiger partial charge in [-0.05, 0) is 29.3 Å². The molecule has 0 atom stereocenters. The molecule has 5 heteroatoms. The highest BCUT2D eigenvalue weighted by Gasteiger charge is 2.21. The Kier molecular flexibility index (Phi) is 5.64. The molecule has 0 fully saturated rings. The van der Waals surface area contributed by atoms with Crippen molar-refractivity contribution in [2.45, 2.75) is 0 Å². The summed E-state index contributed by atoms with van der Waals surface area (Å²) in [7, 11) is 0. The fraction of sp³-hybridized carbons (Fsp3) is 0. The second-order valence-corrected chi connectivity index (χ2v) is 11.9. The fourth-order valence-corrected chi connectivity index (χ4v) is 7.44. The lowest BCUT2D eigenvalue weighted by atomic mass is 10.0. The molecule has 3 heterocycles. The summed E-state index contributed by atoms with van der Waals surface area (Å²) < 4.78 is 4.74. The van der Waals surface area contributed by atoms with E-state index in [1.54, 1.807) is 0 Å². The van der Waals surface area contributed by atoms with E-state index >= 15 is 0 Å². The maximum atomic E-state index is 5.16. The van der Waals surface area contributed by atoms with Crippen LogP contribution >= 0.6 is 11.3 Å². The summed E-state index contributed by atoms with van der Waals surface area (Å²) in [4.78, 5) is 15.3. The van der Waals surface area contributed by atoms with E-state index in [9.17, 15) is 0 Å². The smallest absolute Gasteiger partial charge is 0.238 e. The maximum absolute atomic E-state index is 5.16. The zero-order valence-electron chi connectivity index (χ0n) is 23.6. The largest absolute Gasteiger partial charge is 0.276 e. The third-order valence-corrected chi connectivity index (χ3v) is 9.46. The highest BCUT2D eigenvalue weighted by molar-refractivity contribution is 7.26. The van der Waals surface area contributed by atoms with E-state index < -0.39 is 0 Å². The SMILES string of the molecule is c1ccc(-c2ccc3c(c2)c2ccc4c5ccccc5sc4c2n3-c2nc(-c3ccccc3)nc(-c3ccccc3)n2)cc1. The average molecular weight is 581 g/mol. The third-order valence-electron chi connectivity index (χ3n) is 8.27. The molecule has 9 rings (SSSR count). The molecule has 4 nitrogen and oxygen atoms in total. The standard InChI is InChI=1S/C39H24N4S/c1-4-12-25(13-5-1)28-20-23-33-32(24-28)30-21-22-31-29-18-10-11-19-34(29)44-36(31)35(30)43(33)39-41-37(26-14-6-2-7-15-26)40-38(42-39)27-16-8-3-9-17-27/h1-24H. The molecule has 0 bridgehead atoms. The number of aromatic nitrogens is 4. The van der Waals surface area contributed by atoms with Crippen molar-refractivity contribution in [3.05, 3.63) is 146 Å². The predicted molar refractivity (Wildman–Crippen MR) is 183 cm³/mol. The van der Waals surface area contributed by atoms with E-state index in [0.29, 0.717) is 17.6 Å². The van der Waals surface area contributed by atoms with Crippen LogP contribution in [0.2, 0.25) is 0 Å². The Morgan fingerprint density at radius 1 is 0.432 bits per heavy atom. The molecule has 9 aromatic rings. The van der Waals surface area contributed by atoms with Crippen molar-refractivity contribution in [1.29, 1.82) is 0 Å². The first kappa shape index (κ1) is 24.9. The van der Waals surface area contributed by atoms with Gasteiger partial charge in [0.25, 0.3) is 0 Å². The Morgan fingerprint density at radius 2 is 1.02 bits per heavy atom. The first-order chi connectivity index (χ1) is 21.8. The number of thiophene rings is 1. The van der Waals surface area contributed by atoms with Crippen LogP contribution in [0.25, 0.3) is 81.8 Å². The van der Waals surface area contributed by atoms with Crippen LogP contribution in [0.15, 0.2) is 146 Å². The second kappa shape index (κ2) is 9.97. The van der Waals surface area contributed by atoms with Gasteiger partial charge < -0.3 is 0 Å². The van der Waals surface area contributed by atoms with E-state index in [4.69, 9.17) is 15.0 Å². The van der Waals surface area contributed by atoms with Gasteiger partial charge in [0.1, 0.15) is 0 Å². The number of hydrogen-bond donors (Lipinski definition) is 0. The quantitative estimate of drug-likeness (QED) is 0.208. The number of hydrogen-bond acceptors (Lipinski definition) is 4. The normalized spacial score (nSPS) is 11.6. The predicted octanol–water partition coefficient (Wildman–Crippen LogP) is 10.3. The van der Waals surface area contributed by atoms with Gasteiger partial charge >= 0.3 is 0 Å². The lowest BCUT2D eigenvalue weighted by Crippen LogP contribution is -2.06. The number of nitrogens with zero attached hydrogens (tertiary/aromatic N) is 4. The van der Waals surface area contributed by atoms with E-state index in [-0.39, 0.29) is 0 Å². The summed E-state index contributed by atoms with van der Waals surface area (Å²) in [6.45, 7) is 0. The van der Waals surface area contributed by atoms with Gasteiger partial charge in [-0.2, -0.15) is 9.97 Å². The summed E-state index contributed by atoms with van der Waals surface area (Å²) in [5, 5.41) is 4.86. The molecule has 0 aliphatic carbocycles. The second-order valence-electron chi connectivity index (χ2n) is 10.9. The Morgan fingerprint density at radius 3 is 1.70 bits per heavy atom. The monoisotopic (exact) mass is 580 g/mol. The summed E-state index contributed by atoms with van der Waals surface area (Å²) in [6.07, 6.45) is 0. The summed E-state index contributed by atoms with van der Waals surface area (Å²) >= 11 is 1.82. The molecule has 6 aromatic carbocycles. The van der Waals surface area contributed by atoms with Crippen molar-refractivity contribution >= 4 is 53.3 Å². The molecule has 44 heavy (non-hydrogen) atoms. The topological polar surface area (TPSA) is 43.6 Å². The molecular weight excluding hydrogens is 557 g/mol. The molecular formula is C39H24N4S. The molecule has 0 N–H and O–H groups in total. The summed E-state index contributed by atoms with van der Waals surface area (Å²) in [6, 6.07) is 50.8. The van der Waals surface area contributed by atoms with Crippen molar-refractivity contribution in [3.63, 3.8) is 0 Å². The molecule has 0 unspecified atom stereocenters. The average Bonchev–Trinajstić information content (AvgIpc) is 3.65. The Balaban J connectivity index is 1.42. The zero-order valence-corrected chi connectivity index (χ0v) is 24.4. The highest BCUT2D eigenvalue weighted by atomic mass is 32.1. The van der Waals surface area contributed by atoms with Crippen molar-refractivity contribution in [1.82, 2.24) is 19.5 Å². The Bertz CT molecular complexity index is 2420. The highest BCUT2D eigenvalue weighted by Crippen LogP contribution is 2.43. The molecule has 3 aromatic heterocycles. The minimum Gasteiger partial charge on any atom is -0.276 e. The molecule has 0 aliphatic heterocycles. The van der Waals surface area contributed by atoms with Gasteiger partial charge in [0.2, 0.25) is 5.95 Å². The van der Waals surface area contributed by atoms with E-state index in [1.165, 1.54) is 42.1 Å². The number of fused-ring (bicyclic) bond motifs is 7. The van der Waals surface area contributed by atoms with Crippen LogP contribution < -0.4 is 0 Å². The van der Waals surface area contributed by atoms with Crippen LogP contribution in [0.3, 0.4) is 0 Å². The first-order valence-electron chi connectivity index (χ1n) is 14.6. The van der Waals surface area contributed by atoms with Crippen LogP contribution in [0, 0.1) is 0 Å². The molecule has 206 valence electrons. The van der Waals surface area contributed by atoms with Gasteiger partial charge in [-0.3, -0.25) is 4.57 Å². The Hall–Kier alpha value is -5.65. The van der Waals surface area contributed by atoms with E-state index in [0.717, 1.165) is 22.2 Å². The van der Waals surface area contributed by atoms with Crippen LogP contribution in [-0.2, 0) is 0 Å². The Labute approximate surface area is 257 Å². The molecule has 0 saturated heterocycles. The van der Waals surface area contributed by atoms with E-state index in [1.807, 2.05) is 47.7 Å². The molecule has 0 saturated carbocycles. The van der Waals surface area contributed by atoms with Crippen LogP contribution in [0.1, 0.15) is 0 Å². The van der Waals surface area contributed by atoms with Crippen LogP contribution in [-0.4, -0.2) is 19.5 Å². The van der Waals surface area contributed by atoms with Gasteiger partial charge in [0.15, 0.2) is 11.6 Å².